The lowest BCUT2D eigenvalue weighted by Crippen LogP contribution is -2.13. The average Bonchev–Trinajstić information content (AvgIpc) is 3.11. The van der Waals surface area contributed by atoms with Crippen molar-refractivity contribution in [1.29, 1.82) is 0 Å². The SMILES string of the molecule is CCn1nc(C)c2nc(C(C)Cl)n(CCOCC3CC3)c21. The first kappa shape index (κ1) is 14.9. The van der Waals surface area contributed by atoms with Crippen molar-refractivity contribution >= 4 is 22.8 Å². The smallest absolute Gasteiger partial charge is 0.159 e. The Morgan fingerprint density at radius 3 is 2.81 bits per heavy atom. The van der Waals surface area contributed by atoms with Gasteiger partial charge in [-0.15, -0.1) is 11.6 Å². The van der Waals surface area contributed by atoms with Crippen molar-refractivity contribution in [3.05, 3.63) is 11.5 Å². The summed E-state index contributed by atoms with van der Waals surface area (Å²) >= 11 is 6.30. The normalized spacial score (nSPS) is 16.8. The Labute approximate surface area is 130 Å². The second kappa shape index (κ2) is 5.97. The summed E-state index contributed by atoms with van der Waals surface area (Å²) in [6, 6.07) is 0. The molecule has 2 heterocycles. The molecule has 5 nitrogen and oxygen atoms in total. The van der Waals surface area contributed by atoms with Gasteiger partial charge in [0, 0.05) is 19.7 Å². The second-order valence-electron chi connectivity index (χ2n) is 5.83. The van der Waals surface area contributed by atoms with E-state index in [0.29, 0.717) is 6.61 Å². The van der Waals surface area contributed by atoms with E-state index in [2.05, 4.69) is 16.6 Å². The molecule has 6 heteroatoms. The van der Waals surface area contributed by atoms with Crippen LogP contribution in [-0.2, 0) is 17.8 Å². The van der Waals surface area contributed by atoms with Crippen LogP contribution in [0.1, 0.15) is 43.6 Å². The molecule has 0 amide bonds. The van der Waals surface area contributed by atoms with Gasteiger partial charge in [-0.2, -0.15) is 5.10 Å². The molecule has 0 bridgehead atoms. The lowest BCUT2D eigenvalue weighted by atomic mass is 10.4. The van der Waals surface area contributed by atoms with Gasteiger partial charge in [-0.25, -0.2) is 9.67 Å². The Balaban J connectivity index is 1.86. The van der Waals surface area contributed by atoms with E-state index in [1.165, 1.54) is 12.8 Å². The molecule has 1 aliphatic carbocycles. The van der Waals surface area contributed by atoms with Crippen LogP contribution in [-0.4, -0.2) is 32.5 Å². The van der Waals surface area contributed by atoms with Crippen molar-refractivity contribution in [1.82, 2.24) is 19.3 Å². The van der Waals surface area contributed by atoms with Crippen LogP contribution in [0.25, 0.3) is 11.2 Å². The fourth-order valence-corrected chi connectivity index (χ4v) is 2.84. The maximum Gasteiger partial charge on any atom is 0.159 e. The third kappa shape index (κ3) is 2.94. The zero-order valence-corrected chi connectivity index (χ0v) is 13.7. The van der Waals surface area contributed by atoms with E-state index in [-0.39, 0.29) is 5.38 Å². The van der Waals surface area contributed by atoms with Crippen molar-refractivity contribution in [2.45, 2.75) is 52.1 Å². The van der Waals surface area contributed by atoms with Gasteiger partial charge < -0.3 is 9.30 Å². The van der Waals surface area contributed by atoms with E-state index >= 15 is 0 Å². The molecule has 0 saturated heterocycles. The van der Waals surface area contributed by atoms with E-state index in [1.807, 2.05) is 18.5 Å². The number of aryl methyl sites for hydroxylation is 2. The Kier molecular flexibility index (Phi) is 4.22. The van der Waals surface area contributed by atoms with Gasteiger partial charge in [-0.3, -0.25) is 0 Å². The van der Waals surface area contributed by atoms with E-state index in [1.54, 1.807) is 0 Å². The number of hydrogen-bond acceptors (Lipinski definition) is 3. The molecule has 0 spiro atoms. The number of alkyl halides is 1. The van der Waals surface area contributed by atoms with Gasteiger partial charge in [0.05, 0.1) is 17.7 Å². The first-order valence-corrected chi connectivity index (χ1v) is 8.20. The molecule has 0 radical (unpaired) electrons. The fraction of sp³-hybridized carbons (Fsp3) is 0.733. The highest BCUT2D eigenvalue weighted by atomic mass is 35.5. The molecule has 1 unspecified atom stereocenters. The monoisotopic (exact) mass is 310 g/mol. The molecule has 116 valence electrons. The Morgan fingerprint density at radius 1 is 1.43 bits per heavy atom. The van der Waals surface area contributed by atoms with Gasteiger partial charge >= 0.3 is 0 Å². The minimum atomic E-state index is -0.120. The third-order valence-corrected chi connectivity index (χ3v) is 4.19. The molecular weight excluding hydrogens is 288 g/mol. The summed E-state index contributed by atoms with van der Waals surface area (Å²) in [5.74, 6) is 1.70. The van der Waals surface area contributed by atoms with Gasteiger partial charge in [0.25, 0.3) is 0 Å². The number of halogens is 1. The van der Waals surface area contributed by atoms with Crippen molar-refractivity contribution in [2.24, 2.45) is 5.92 Å². The van der Waals surface area contributed by atoms with Crippen LogP contribution in [0.5, 0.6) is 0 Å². The van der Waals surface area contributed by atoms with Gasteiger partial charge in [-0.1, -0.05) is 0 Å². The molecule has 0 N–H and O–H groups in total. The molecule has 2 aromatic rings. The van der Waals surface area contributed by atoms with Crippen molar-refractivity contribution in [3.8, 4) is 0 Å². The highest BCUT2D eigenvalue weighted by Gasteiger charge is 2.22. The summed E-state index contributed by atoms with van der Waals surface area (Å²) in [4.78, 5) is 4.70. The average molecular weight is 311 g/mol. The zero-order valence-electron chi connectivity index (χ0n) is 13.0. The molecule has 0 aromatic carbocycles. The Hall–Kier alpha value is -1.07. The first-order valence-electron chi connectivity index (χ1n) is 7.77. The Morgan fingerprint density at radius 2 is 2.19 bits per heavy atom. The maximum absolute atomic E-state index is 6.30. The highest BCUT2D eigenvalue weighted by Crippen LogP contribution is 2.29. The predicted octanol–water partition coefficient (Wildman–Crippen LogP) is 3.29. The highest BCUT2D eigenvalue weighted by molar-refractivity contribution is 6.20. The molecule has 0 aliphatic heterocycles. The largest absolute Gasteiger partial charge is 0.379 e. The zero-order chi connectivity index (χ0) is 15.0. The summed E-state index contributed by atoms with van der Waals surface area (Å²) < 4.78 is 9.94. The van der Waals surface area contributed by atoms with Crippen molar-refractivity contribution in [3.63, 3.8) is 0 Å². The molecule has 3 rings (SSSR count). The molecule has 2 aromatic heterocycles. The quantitative estimate of drug-likeness (QED) is 0.582. The van der Waals surface area contributed by atoms with Gasteiger partial charge in [0.15, 0.2) is 5.65 Å². The molecule has 21 heavy (non-hydrogen) atoms. The number of rotatable bonds is 7. The maximum atomic E-state index is 6.30. The lowest BCUT2D eigenvalue weighted by Gasteiger charge is -2.12. The molecular formula is C15H23ClN4O. The van der Waals surface area contributed by atoms with E-state index in [9.17, 15) is 0 Å². The summed E-state index contributed by atoms with van der Waals surface area (Å²) in [5, 5.41) is 4.43. The van der Waals surface area contributed by atoms with Gasteiger partial charge in [0.1, 0.15) is 11.3 Å². The van der Waals surface area contributed by atoms with Crippen LogP contribution in [0.3, 0.4) is 0 Å². The molecule has 1 saturated carbocycles. The summed E-state index contributed by atoms with van der Waals surface area (Å²) in [6.45, 7) is 9.25. The third-order valence-electron chi connectivity index (χ3n) is 3.99. The Bertz CT molecular complexity index is 627. The number of imidazole rings is 1. The van der Waals surface area contributed by atoms with E-state index in [4.69, 9.17) is 21.3 Å². The van der Waals surface area contributed by atoms with Crippen molar-refractivity contribution < 1.29 is 4.74 Å². The van der Waals surface area contributed by atoms with Gasteiger partial charge in [0.2, 0.25) is 0 Å². The van der Waals surface area contributed by atoms with Crippen LogP contribution >= 0.6 is 11.6 Å². The fourth-order valence-electron chi connectivity index (χ4n) is 2.68. The van der Waals surface area contributed by atoms with E-state index in [0.717, 1.165) is 48.3 Å². The lowest BCUT2D eigenvalue weighted by molar-refractivity contribution is 0.117. The molecule has 1 aliphatic rings. The number of fused-ring (bicyclic) bond motifs is 1. The molecule has 1 atom stereocenters. The number of ether oxygens (including phenoxy) is 1. The number of aromatic nitrogens is 4. The first-order chi connectivity index (χ1) is 10.1. The topological polar surface area (TPSA) is 44.9 Å². The summed E-state index contributed by atoms with van der Waals surface area (Å²) in [5.41, 5.74) is 2.98. The minimum absolute atomic E-state index is 0.120. The van der Waals surface area contributed by atoms with Crippen LogP contribution < -0.4 is 0 Å². The van der Waals surface area contributed by atoms with Crippen LogP contribution in [0.2, 0.25) is 0 Å². The van der Waals surface area contributed by atoms with E-state index < -0.39 is 0 Å². The standard InChI is InChI=1S/C15H23ClN4O/c1-4-20-15-13(11(3)18-20)17-14(10(2)16)19(15)7-8-21-9-12-5-6-12/h10,12H,4-9H2,1-3H3. The van der Waals surface area contributed by atoms with Crippen LogP contribution in [0.15, 0.2) is 0 Å². The number of hydrogen-bond donors (Lipinski definition) is 0. The minimum Gasteiger partial charge on any atom is -0.379 e. The number of nitrogens with zero attached hydrogens (tertiary/aromatic N) is 4. The second-order valence-corrected chi connectivity index (χ2v) is 6.48. The van der Waals surface area contributed by atoms with Crippen LogP contribution in [0, 0.1) is 12.8 Å². The predicted molar refractivity (Wildman–Crippen MR) is 83.7 cm³/mol. The van der Waals surface area contributed by atoms with Crippen LogP contribution in [0.4, 0.5) is 0 Å². The molecule has 1 fully saturated rings. The summed E-state index contributed by atoms with van der Waals surface area (Å²) in [7, 11) is 0. The van der Waals surface area contributed by atoms with Gasteiger partial charge in [-0.05, 0) is 39.5 Å². The summed E-state index contributed by atoms with van der Waals surface area (Å²) in [6.07, 6.45) is 2.64. The van der Waals surface area contributed by atoms with Crippen molar-refractivity contribution in [2.75, 3.05) is 13.2 Å².